The molecule has 2 heterocycles. The topological polar surface area (TPSA) is 183 Å². The van der Waals surface area contributed by atoms with E-state index in [-0.39, 0.29) is 17.7 Å². The maximum absolute atomic E-state index is 13.1. The standard InChI is InChI=1S/C29H29ClN8O6/c1-29(2,3)44-26(40)15-22(33-25(39)12-7-18-13-19(30)8-11-24(18)38-16-31-36-37-38)23-14-21(27(41)35-34-23)17-5-9-20(10-6-17)32-28(42)43-4/h5-14,16,22H,15H2,1-4H3,(H,32,42)(H,33,39)(H,35,41)/b12-7+. The molecule has 1 unspecified atom stereocenters. The second kappa shape index (κ2) is 13.7. The lowest BCUT2D eigenvalue weighted by Crippen LogP contribution is -2.33. The van der Waals surface area contributed by atoms with Gasteiger partial charge in [0.25, 0.3) is 5.56 Å². The molecule has 3 N–H and O–H groups in total. The van der Waals surface area contributed by atoms with Crippen molar-refractivity contribution in [3.05, 3.63) is 87.6 Å². The highest BCUT2D eigenvalue weighted by atomic mass is 35.5. The van der Waals surface area contributed by atoms with Crippen molar-refractivity contribution in [1.82, 2.24) is 35.7 Å². The molecular weight excluding hydrogens is 592 g/mol. The summed E-state index contributed by atoms with van der Waals surface area (Å²) in [6.07, 6.45) is 3.28. The third kappa shape index (κ3) is 8.58. The first-order chi connectivity index (χ1) is 20.9. The predicted molar refractivity (Wildman–Crippen MR) is 161 cm³/mol. The number of carbonyl (C=O) groups excluding carboxylic acids is 3. The van der Waals surface area contributed by atoms with E-state index < -0.39 is 35.2 Å². The molecule has 1 atom stereocenters. The molecule has 2 aromatic carbocycles. The Kier molecular flexibility index (Phi) is 9.85. The molecule has 0 radical (unpaired) electrons. The zero-order valence-corrected chi connectivity index (χ0v) is 25.0. The van der Waals surface area contributed by atoms with Crippen molar-refractivity contribution in [3.63, 3.8) is 0 Å². The second-order valence-corrected chi connectivity index (χ2v) is 10.8. The molecule has 0 saturated heterocycles. The Hall–Kier alpha value is -5.37. The van der Waals surface area contributed by atoms with Crippen molar-refractivity contribution < 1.29 is 23.9 Å². The van der Waals surface area contributed by atoms with Crippen molar-refractivity contribution in [2.45, 2.75) is 38.8 Å². The summed E-state index contributed by atoms with van der Waals surface area (Å²) in [4.78, 5) is 50.2. The van der Waals surface area contributed by atoms with Gasteiger partial charge in [-0.25, -0.2) is 9.89 Å². The van der Waals surface area contributed by atoms with Gasteiger partial charge in [0.05, 0.1) is 36.5 Å². The van der Waals surface area contributed by atoms with E-state index in [0.717, 1.165) is 0 Å². The number of esters is 1. The second-order valence-electron chi connectivity index (χ2n) is 10.4. The molecule has 228 valence electrons. The highest BCUT2D eigenvalue weighted by Gasteiger charge is 2.25. The number of ether oxygens (including phenoxy) is 2. The van der Waals surface area contributed by atoms with E-state index in [1.807, 2.05) is 0 Å². The zero-order chi connectivity index (χ0) is 31.9. The van der Waals surface area contributed by atoms with Crippen LogP contribution < -0.4 is 16.2 Å². The van der Waals surface area contributed by atoms with Crippen LogP contribution in [0.4, 0.5) is 10.5 Å². The Morgan fingerprint density at radius 1 is 1.11 bits per heavy atom. The number of nitrogens with zero attached hydrogens (tertiary/aromatic N) is 5. The normalized spacial score (nSPS) is 12.0. The number of hydrogen-bond donors (Lipinski definition) is 3. The number of methoxy groups -OCH3 is 1. The number of rotatable bonds is 9. The summed E-state index contributed by atoms with van der Waals surface area (Å²) in [5.74, 6) is -1.15. The lowest BCUT2D eigenvalue weighted by atomic mass is 10.0. The van der Waals surface area contributed by atoms with Gasteiger partial charge < -0.3 is 14.8 Å². The lowest BCUT2D eigenvalue weighted by Gasteiger charge is -2.22. The zero-order valence-electron chi connectivity index (χ0n) is 24.2. The minimum atomic E-state index is -0.976. The Morgan fingerprint density at radius 2 is 1.86 bits per heavy atom. The van der Waals surface area contributed by atoms with Gasteiger partial charge in [0, 0.05) is 22.3 Å². The summed E-state index contributed by atoms with van der Waals surface area (Å²) >= 11 is 6.18. The van der Waals surface area contributed by atoms with Crippen LogP contribution in [0.5, 0.6) is 0 Å². The summed E-state index contributed by atoms with van der Waals surface area (Å²) in [6, 6.07) is 11.9. The van der Waals surface area contributed by atoms with Crippen molar-refractivity contribution in [1.29, 1.82) is 0 Å². The average Bonchev–Trinajstić information content (AvgIpc) is 3.50. The predicted octanol–water partition coefficient (Wildman–Crippen LogP) is 3.85. The van der Waals surface area contributed by atoms with Gasteiger partial charge in [-0.05, 0) is 79.2 Å². The number of hydrogen-bond acceptors (Lipinski definition) is 10. The maximum Gasteiger partial charge on any atom is 0.411 e. The SMILES string of the molecule is COC(=O)Nc1ccc(-c2cc(C(CC(=O)OC(C)(C)C)NC(=O)/C=C/c3cc(Cl)ccc3-n3cnnn3)n[nH]c2=O)cc1. The number of carbonyl (C=O) groups is 3. The molecule has 4 rings (SSSR count). The van der Waals surface area contributed by atoms with Crippen LogP contribution in [0.3, 0.4) is 0 Å². The molecule has 2 amide bonds. The van der Waals surface area contributed by atoms with Gasteiger partial charge in [0.1, 0.15) is 11.9 Å². The summed E-state index contributed by atoms with van der Waals surface area (Å²) in [7, 11) is 1.25. The molecular formula is C29H29ClN8O6. The largest absolute Gasteiger partial charge is 0.460 e. The molecule has 0 aliphatic carbocycles. The van der Waals surface area contributed by atoms with Crippen LogP contribution in [0.15, 0.2) is 65.7 Å². The van der Waals surface area contributed by atoms with Crippen molar-refractivity contribution in [2.75, 3.05) is 12.4 Å². The van der Waals surface area contributed by atoms with E-state index in [4.69, 9.17) is 16.3 Å². The van der Waals surface area contributed by atoms with Crippen molar-refractivity contribution in [2.24, 2.45) is 0 Å². The minimum Gasteiger partial charge on any atom is -0.460 e. The smallest absolute Gasteiger partial charge is 0.411 e. The fourth-order valence-corrected chi connectivity index (χ4v) is 4.20. The van der Waals surface area contributed by atoms with E-state index in [1.165, 1.54) is 36.3 Å². The van der Waals surface area contributed by atoms with Gasteiger partial charge in [-0.3, -0.25) is 19.7 Å². The van der Waals surface area contributed by atoms with E-state index in [1.54, 1.807) is 63.2 Å². The van der Waals surface area contributed by atoms with Gasteiger partial charge in [-0.15, -0.1) is 5.10 Å². The summed E-state index contributed by atoms with van der Waals surface area (Å²) in [5.41, 5.74) is 1.26. The molecule has 15 heteroatoms. The number of amides is 2. The van der Waals surface area contributed by atoms with Crippen molar-refractivity contribution in [3.8, 4) is 16.8 Å². The Labute approximate surface area is 256 Å². The number of halogens is 1. The minimum absolute atomic E-state index is 0.209. The van der Waals surface area contributed by atoms with Crippen LogP contribution in [0.25, 0.3) is 22.9 Å². The van der Waals surface area contributed by atoms with Crippen LogP contribution in [0.2, 0.25) is 5.02 Å². The van der Waals surface area contributed by atoms with Crippen LogP contribution in [-0.2, 0) is 19.1 Å². The number of tetrazole rings is 1. The third-order valence-electron chi connectivity index (χ3n) is 5.92. The highest BCUT2D eigenvalue weighted by Crippen LogP contribution is 2.24. The fraction of sp³-hybridized carbons (Fsp3) is 0.241. The van der Waals surface area contributed by atoms with E-state index in [2.05, 4.69) is 41.1 Å². The molecule has 44 heavy (non-hydrogen) atoms. The molecule has 14 nitrogen and oxygen atoms in total. The van der Waals surface area contributed by atoms with Crippen LogP contribution in [-0.4, -0.2) is 61.1 Å². The van der Waals surface area contributed by atoms with Gasteiger partial charge >= 0.3 is 12.1 Å². The van der Waals surface area contributed by atoms with Crippen molar-refractivity contribution >= 4 is 41.3 Å². The molecule has 0 spiro atoms. The first-order valence-electron chi connectivity index (χ1n) is 13.2. The van der Waals surface area contributed by atoms with Gasteiger partial charge in [0.2, 0.25) is 5.91 Å². The molecule has 4 aromatic rings. The average molecular weight is 621 g/mol. The van der Waals surface area contributed by atoms with E-state index >= 15 is 0 Å². The quantitative estimate of drug-likeness (QED) is 0.183. The summed E-state index contributed by atoms with van der Waals surface area (Å²) in [6.45, 7) is 5.18. The number of H-pyrrole nitrogens is 1. The number of aromatic amines is 1. The molecule has 2 aromatic heterocycles. The Morgan fingerprint density at radius 3 is 2.52 bits per heavy atom. The number of anilines is 1. The molecule has 0 aliphatic rings. The van der Waals surface area contributed by atoms with Crippen LogP contribution in [0.1, 0.15) is 44.5 Å². The molecule has 0 bridgehead atoms. The van der Waals surface area contributed by atoms with Gasteiger partial charge in [-0.1, -0.05) is 23.7 Å². The lowest BCUT2D eigenvalue weighted by molar-refractivity contribution is -0.155. The first-order valence-corrected chi connectivity index (χ1v) is 13.6. The summed E-state index contributed by atoms with van der Waals surface area (Å²) in [5, 5.41) is 23.4. The molecule has 0 aliphatic heterocycles. The Balaban J connectivity index is 1.62. The maximum atomic E-state index is 13.1. The first kappa shape index (κ1) is 31.6. The number of aromatic nitrogens is 6. The number of benzene rings is 2. The van der Waals surface area contributed by atoms with Crippen LogP contribution >= 0.6 is 11.6 Å². The summed E-state index contributed by atoms with van der Waals surface area (Å²) < 4.78 is 11.5. The fourth-order valence-electron chi connectivity index (χ4n) is 4.02. The van der Waals surface area contributed by atoms with E-state index in [9.17, 15) is 19.2 Å². The van der Waals surface area contributed by atoms with Crippen LogP contribution in [0, 0.1) is 0 Å². The molecule has 0 fully saturated rings. The highest BCUT2D eigenvalue weighted by molar-refractivity contribution is 6.30. The number of nitrogens with one attached hydrogen (secondary N) is 3. The molecule has 0 saturated carbocycles. The monoisotopic (exact) mass is 620 g/mol. The van der Waals surface area contributed by atoms with Gasteiger partial charge in [-0.2, -0.15) is 9.78 Å². The Bertz CT molecular complexity index is 1730. The van der Waals surface area contributed by atoms with Gasteiger partial charge in [0.15, 0.2) is 0 Å². The van der Waals surface area contributed by atoms with E-state index in [0.29, 0.717) is 27.5 Å². The third-order valence-corrected chi connectivity index (χ3v) is 6.15.